The summed E-state index contributed by atoms with van der Waals surface area (Å²) in [5, 5.41) is 3.08. The Kier molecular flexibility index (Phi) is 4.54. The molecule has 0 aliphatic heterocycles. The summed E-state index contributed by atoms with van der Waals surface area (Å²) in [6.45, 7) is 1.91. The van der Waals surface area contributed by atoms with Crippen molar-refractivity contribution in [1.29, 1.82) is 0 Å². The molecule has 1 atom stereocenters. The summed E-state index contributed by atoms with van der Waals surface area (Å²) >= 11 is 16.5. The molecule has 0 saturated heterocycles. The fourth-order valence-corrected chi connectivity index (χ4v) is 3.54. The third kappa shape index (κ3) is 3.18. The molecule has 0 saturated carbocycles. The van der Waals surface area contributed by atoms with Gasteiger partial charge in [-0.3, -0.25) is 0 Å². The van der Waals surface area contributed by atoms with Crippen LogP contribution in [-0.4, -0.2) is 0 Å². The van der Waals surface area contributed by atoms with E-state index in [4.69, 9.17) is 23.2 Å². The lowest BCUT2D eigenvalue weighted by Crippen LogP contribution is -2.07. The van der Waals surface area contributed by atoms with Crippen LogP contribution in [0.4, 0.5) is 10.1 Å². The van der Waals surface area contributed by atoms with Gasteiger partial charge in [-0.1, -0.05) is 39.1 Å². The van der Waals surface area contributed by atoms with Crippen molar-refractivity contribution in [3.8, 4) is 0 Å². The fourth-order valence-electron chi connectivity index (χ4n) is 1.57. The largest absolute Gasteiger partial charge is 0.376 e. The summed E-state index contributed by atoms with van der Waals surface area (Å²) in [4.78, 5) is 0. The summed E-state index contributed by atoms with van der Waals surface area (Å²) in [6, 6.07) is 6.55. The number of rotatable bonds is 3. The minimum Gasteiger partial charge on any atom is -0.376 e. The van der Waals surface area contributed by atoms with Crippen LogP contribution in [0.25, 0.3) is 0 Å². The number of thiophene rings is 1. The zero-order chi connectivity index (χ0) is 13.3. The molecular formula is C12H9BrCl2FNS. The summed E-state index contributed by atoms with van der Waals surface area (Å²) in [5.41, 5.74) is 1.30. The zero-order valence-corrected chi connectivity index (χ0v) is 13.2. The fraction of sp³-hybridized carbons (Fsp3) is 0.167. The van der Waals surface area contributed by atoms with Crippen molar-refractivity contribution in [2.24, 2.45) is 0 Å². The molecule has 0 bridgehead atoms. The van der Waals surface area contributed by atoms with E-state index < -0.39 is 0 Å². The second-order valence-electron chi connectivity index (χ2n) is 3.77. The lowest BCUT2D eigenvalue weighted by Gasteiger charge is -2.15. The highest BCUT2D eigenvalue weighted by molar-refractivity contribution is 9.10. The van der Waals surface area contributed by atoms with Gasteiger partial charge in [0.15, 0.2) is 0 Å². The maximum Gasteiger partial charge on any atom is 0.147 e. The highest BCUT2D eigenvalue weighted by Crippen LogP contribution is 2.36. The highest BCUT2D eigenvalue weighted by atomic mass is 79.9. The van der Waals surface area contributed by atoms with E-state index in [1.54, 1.807) is 18.2 Å². The minimum absolute atomic E-state index is 0.114. The van der Waals surface area contributed by atoms with Crippen LogP contribution in [0.15, 0.2) is 28.7 Å². The van der Waals surface area contributed by atoms with E-state index in [1.165, 1.54) is 17.4 Å². The summed E-state index contributed by atoms with van der Waals surface area (Å²) in [6.07, 6.45) is 0. The lowest BCUT2D eigenvalue weighted by atomic mass is 10.1. The van der Waals surface area contributed by atoms with E-state index in [9.17, 15) is 4.39 Å². The van der Waals surface area contributed by atoms with Crippen molar-refractivity contribution in [3.05, 3.63) is 48.8 Å². The van der Waals surface area contributed by atoms with E-state index in [0.717, 1.165) is 5.56 Å². The van der Waals surface area contributed by atoms with Crippen LogP contribution in [-0.2, 0) is 0 Å². The Morgan fingerprint density at radius 3 is 2.61 bits per heavy atom. The molecule has 0 fully saturated rings. The minimum atomic E-state index is -0.311. The predicted molar refractivity (Wildman–Crippen MR) is 80.5 cm³/mol. The first-order chi connectivity index (χ1) is 8.47. The third-order valence-electron chi connectivity index (χ3n) is 2.45. The standard InChI is InChI=1S/C12H9BrCl2FNS/c1-6(8-5-11(14)18-12(8)15)17-10-3-2-7(13)4-9(10)16/h2-6,17H,1H3. The number of nitrogens with one attached hydrogen (secondary N) is 1. The predicted octanol–water partition coefficient (Wildman–Crippen LogP) is 6.13. The number of benzene rings is 1. The van der Waals surface area contributed by atoms with Gasteiger partial charge in [-0.25, -0.2) is 4.39 Å². The molecule has 0 amide bonds. The first-order valence-electron chi connectivity index (χ1n) is 5.13. The first kappa shape index (κ1) is 14.1. The molecule has 6 heteroatoms. The van der Waals surface area contributed by atoms with Gasteiger partial charge in [-0.2, -0.15) is 0 Å². The van der Waals surface area contributed by atoms with Crippen LogP contribution < -0.4 is 5.32 Å². The van der Waals surface area contributed by atoms with Crippen molar-refractivity contribution in [1.82, 2.24) is 0 Å². The summed E-state index contributed by atoms with van der Waals surface area (Å²) < 4.78 is 15.6. The van der Waals surface area contributed by atoms with Crippen LogP contribution in [0.5, 0.6) is 0 Å². The Bertz CT molecular complexity index is 573. The van der Waals surface area contributed by atoms with Crippen LogP contribution in [0.2, 0.25) is 8.67 Å². The molecule has 2 rings (SSSR count). The molecule has 0 radical (unpaired) electrons. The molecule has 96 valence electrons. The molecule has 1 N–H and O–H groups in total. The van der Waals surface area contributed by atoms with Crippen LogP contribution in [0.3, 0.4) is 0 Å². The van der Waals surface area contributed by atoms with Gasteiger partial charge >= 0.3 is 0 Å². The number of halogens is 4. The normalized spacial score (nSPS) is 12.5. The second kappa shape index (κ2) is 5.78. The van der Waals surface area contributed by atoms with Gasteiger partial charge in [-0.05, 0) is 31.2 Å². The van der Waals surface area contributed by atoms with E-state index in [-0.39, 0.29) is 11.9 Å². The smallest absolute Gasteiger partial charge is 0.147 e. The molecule has 1 aromatic carbocycles. The van der Waals surface area contributed by atoms with Gasteiger partial charge < -0.3 is 5.32 Å². The Morgan fingerprint density at radius 1 is 1.33 bits per heavy atom. The van der Waals surface area contributed by atoms with Gasteiger partial charge in [-0.15, -0.1) is 11.3 Å². The van der Waals surface area contributed by atoms with Crippen molar-refractivity contribution in [2.75, 3.05) is 5.32 Å². The van der Waals surface area contributed by atoms with Gasteiger partial charge in [0.25, 0.3) is 0 Å². The first-order valence-corrected chi connectivity index (χ1v) is 7.50. The van der Waals surface area contributed by atoms with Gasteiger partial charge in [0, 0.05) is 10.0 Å². The van der Waals surface area contributed by atoms with E-state index in [2.05, 4.69) is 21.2 Å². The van der Waals surface area contributed by atoms with E-state index in [0.29, 0.717) is 18.8 Å². The average Bonchev–Trinajstić information content (AvgIpc) is 2.62. The number of hydrogen-bond donors (Lipinski definition) is 1. The summed E-state index contributed by atoms with van der Waals surface area (Å²) in [7, 11) is 0. The van der Waals surface area contributed by atoms with Gasteiger partial charge in [0.2, 0.25) is 0 Å². The zero-order valence-electron chi connectivity index (χ0n) is 9.31. The van der Waals surface area contributed by atoms with Crippen molar-refractivity contribution < 1.29 is 4.39 Å². The topological polar surface area (TPSA) is 12.0 Å². The second-order valence-corrected chi connectivity index (χ2v) is 6.97. The maximum atomic E-state index is 13.7. The highest BCUT2D eigenvalue weighted by Gasteiger charge is 2.14. The molecular weight excluding hydrogens is 360 g/mol. The molecule has 0 aliphatic carbocycles. The van der Waals surface area contributed by atoms with Gasteiger partial charge in [0.05, 0.1) is 20.4 Å². The number of hydrogen-bond acceptors (Lipinski definition) is 2. The molecule has 1 aromatic heterocycles. The van der Waals surface area contributed by atoms with Crippen LogP contribution in [0.1, 0.15) is 18.5 Å². The third-order valence-corrected chi connectivity index (χ3v) is 4.46. The Labute approximate surface area is 127 Å². The SMILES string of the molecule is CC(Nc1ccc(Br)cc1F)c1cc(Cl)sc1Cl. The quantitative estimate of drug-likeness (QED) is 0.687. The summed E-state index contributed by atoms with van der Waals surface area (Å²) in [5.74, 6) is -0.311. The molecule has 1 unspecified atom stereocenters. The van der Waals surface area contributed by atoms with E-state index >= 15 is 0 Å². The van der Waals surface area contributed by atoms with Crippen molar-refractivity contribution in [2.45, 2.75) is 13.0 Å². The van der Waals surface area contributed by atoms with Crippen LogP contribution >= 0.6 is 50.5 Å². The Hall–Kier alpha value is -0.290. The molecule has 0 aliphatic rings. The van der Waals surface area contributed by atoms with Crippen LogP contribution in [0, 0.1) is 5.82 Å². The van der Waals surface area contributed by atoms with E-state index in [1.807, 2.05) is 6.92 Å². The Morgan fingerprint density at radius 2 is 2.06 bits per heavy atom. The Balaban J connectivity index is 2.21. The molecule has 1 heterocycles. The molecule has 2 aromatic rings. The molecule has 0 spiro atoms. The average molecular weight is 369 g/mol. The maximum absolute atomic E-state index is 13.7. The molecule has 18 heavy (non-hydrogen) atoms. The lowest BCUT2D eigenvalue weighted by molar-refractivity contribution is 0.626. The van der Waals surface area contributed by atoms with Crippen molar-refractivity contribution in [3.63, 3.8) is 0 Å². The van der Waals surface area contributed by atoms with Crippen molar-refractivity contribution >= 4 is 56.2 Å². The number of anilines is 1. The molecule has 1 nitrogen and oxygen atoms in total. The van der Waals surface area contributed by atoms with Gasteiger partial charge in [0.1, 0.15) is 5.82 Å². The monoisotopic (exact) mass is 367 g/mol.